The molecule has 0 aliphatic heterocycles. The van der Waals surface area contributed by atoms with Gasteiger partial charge in [0, 0.05) is 24.0 Å². The van der Waals surface area contributed by atoms with Crippen molar-refractivity contribution in [3.05, 3.63) is 81.2 Å². The first-order valence-corrected chi connectivity index (χ1v) is 8.84. The Balaban J connectivity index is 1.70. The van der Waals surface area contributed by atoms with Crippen molar-refractivity contribution in [3.8, 4) is 0 Å². The predicted molar refractivity (Wildman–Crippen MR) is 103 cm³/mol. The van der Waals surface area contributed by atoms with Crippen molar-refractivity contribution in [3.63, 3.8) is 0 Å². The van der Waals surface area contributed by atoms with Crippen molar-refractivity contribution >= 4 is 11.0 Å². The molecule has 0 saturated heterocycles. The first-order chi connectivity index (χ1) is 12.0. The minimum absolute atomic E-state index is 0.288. The first kappa shape index (κ1) is 17.4. The molecule has 3 rings (SSSR count). The Labute approximate surface area is 148 Å². The second-order valence-electron chi connectivity index (χ2n) is 6.83. The lowest BCUT2D eigenvalue weighted by Crippen LogP contribution is -2.26. The van der Waals surface area contributed by atoms with E-state index in [4.69, 9.17) is 4.42 Å². The minimum Gasteiger partial charge on any atom is -0.423 e. The summed E-state index contributed by atoms with van der Waals surface area (Å²) in [6, 6.07) is 16.6. The van der Waals surface area contributed by atoms with Gasteiger partial charge in [-0.2, -0.15) is 0 Å². The minimum atomic E-state index is -0.288. The lowest BCUT2D eigenvalue weighted by molar-refractivity contribution is 0.510. The SMILES string of the molecule is Cc1cc2oc(=O)cc(CN[C@@H](C)CCc3ccccc3)c2cc1C. The number of hydrogen-bond donors (Lipinski definition) is 1. The summed E-state index contributed by atoms with van der Waals surface area (Å²) in [5.74, 6) is 0. The number of rotatable bonds is 6. The van der Waals surface area contributed by atoms with Crippen molar-refractivity contribution < 1.29 is 4.42 Å². The Kier molecular flexibility index (Phi) is 5.34. The van der Waals surface area contributed by atoms with Crippen molar-refractivity contribution in [2.24, 2.45) is 0 Å². The molecular weight excluding hydrogens is 310 g/mol. The van der Waals surface area contributed by atoms with E-state index in [0.717, 1.165) is 29.4 Å². The summed E-state index contributed by atoms with van der Waals surface area (Å²) in [5, 5.41) is 4.56. The topological polar surface area (TPSA) is 42.2 Å². The zero-order chi connectivity index (χ0) is 17.8. The maximum absolute atomic E-state index is 11.9. The molecule has 1 N–H and O–H groups in total. The molecule has 25 heavy (non-hydrogen) atoms. The molecule has 2 aromatic carbocycles. The number of benzene rings is 2. The van der Waals surface area contributed by atoms with Crippen LogP contribution in [0.25, 0.3) is 11.0 Å². The molecular formula is C22H25NO2. The van der Waals surface area contributed by atoms with Gasteiger partial charge in [0.2, 0.25) is 0 Å². The average molecular weight is 335 g/mol. The summed E-state index contributed by atoms with van der Waals surface area (Å²) < 4.78 is 5.37. The molecule has 1 atom stereocenters. The van der Waals surface area contributed by atoms with Gasteiger partial charge in [-0.05, 0) is 68.0 Å². The summed E-state index contributed by atoms with van der Waals surface area (Å²) in [6.45, 7) is 6.97. The number of fused-ring (bicyclic) bond motifs is 1. The Morgan fingerprint density at radius 3 is 2.52 bits per heavy atom. The molecule has 3 nitrogen and oxygen atoms in total. The fraction of sp³-hybridized carbons (Fsp3) is 0.318. The molecule has 0 fully saturated rings. The van der Waals surface area contributed by atoms with E-state index >= 15 is 0 Å². The third-order valence-electron chi connectivity index (χ3n) is 4.79. The highest BCUT2D eigenvalue weighted by molar-refractivity contribution is 5.81. The monoisotopic (exact) mass is 335 g/mol. The number of hydrogen-bond acceptors (Lipinski definition) is 3. The van der Waals surface area contributed by atoms with E-state index in [0.29, 0.717) is 18.2 Å². The van der Waals surface area contributed by atoms with Crippen LogP contribution in [0.2, 0.25) is 0 Å². The molecule has 130 valence electrons. The molecule has 0 radical (unpaired) electrons. The molecule has 0 amide bonds. The van der Waals surface area contributed by atoms with Crippen LogP contribution in [0.15, 0.2) is 57.7 Å². The van der Waals surface area contributed by atoms with E-state index in [1.807, 2.05) is 19.1 Å². The van der Waals surface area contributed by atoms with Gasteiger partial charge in [0.25, 0.3) is 0 Å². The van der Waals surface area contributed by atoms with Gasteiger partial charge in [0.05, 0.1) is 0 Å². The van der Waals surface area contributed by atoms with Crippen LogP contribution in [0.3, 0.4) is 0 Å². The van der Waals surface area contributed by atoms with Crippen LogP contribution >= 0.6 is 0 Å². The summed E-state index contributed by atoms with van der Waals surface area (Å²) in [6.07, 6.45) is 2.10. The fourth-order valence-corrected chi connectivity index (χ4v) is 3.04. The van der Waals surface area contributed by atoms with Crippen LogP contribution in [0.1, 0.15) is 35.6 Å². The molecule has 1 heterocycles. The van der Waals surface area contributed by atoms with Crippen LogP contribution in [0.5, 0.6) is 0 Å². The number of aryl methyl sites for hydroxylation is 3. The van der Waals surface area contributed by atoms with E-state index in [1.54, 1.807) is 6.07 Å². The maximum Gasteiger partial charge on any atom is 0.336 e. The maximum atomic E-state index is 11.9. The molecule has 0 spiro atoms. The highest BCUT2D eigenvalue weighted by atomic mass is 16.4. The molecule has 0 aliphatic rings. The molecule has 3 aromatic rings. The van der Waals surface area contributed by atoms with Gasteiger partial charge in [-0.15, -0.1) is 0 Å². The van der Waals surface area contributed by atoms with Gasteiger partial charge in [-0.3, -0.25) is 0 Å². The van der Waals surface area contributed by atoms with Crippen LogP contribution in [-0.4, -0.2) is 6.04 Å². The van der Waals surface area contributed by atoms with E-state index in [1.165, 1.54) is 11.1 Å². The lowest BCUT2D eigenvalue weighted by Gasteiger charge is -2.15. The zero-order valence-electron chi connectivity index (χ0n) is 15.1. The molecule has 0 unspecified atom stereocenters. The van der Waals surface area contributed by atoms with Crippen LogP contribution in [0.4, 0.5) is 0 Å². The first-order valence-electron chi connectivity index (χ1n) is 8.84. The molecule has 0 bridgehead atoms. The second kappa shape index (κ2) is 7.66. The van der Waals surface area contributed by atoms with E-state index < -0.39 is 0 Å². The highest BCUT2D eigenvalue weighted by Crippen LogP contribution is 2.21. The lowest BCUT2D eigenvalue weighted by atomic mass is 10.0. The van der Waals surface area contributed by atoms with Gasteiger partial charge >= 0.3 is 5.63 Å². The molecule has 1 aromatic heterocycles. The van der Waals surface area contributed by atoms with E-state index in [2.05, 4.69) is 49.5 Å². The largest absolute Gasteiger partial charge is 0.423 e. The van der Waals surface area contributed by atoms with Crippen LogP contribution < -0.4 is 10.9 Å². The zero-order valence-corrected chi connectivity index (χ0v) is 15.1. The smallest absolute Gasteiger partial charge is 0.336 e. The fourth-order valence-electron chi connectivity index (χ4n) is 3.04. The summed E-state index contributed by atoms with van der Waals surface area (Å²) >= 11 is 0. The Hall–Kier alpha value is -2.39. The summed E-state index contributed by atoms with van der Waals surface area (Å²) in [7, 11) is 0. The van der Waals surface area contributed by atoms with Gasteiger partial charge in [-0.25, -0.2) is 4.79 Å². The van der Waals surface area contributed by atoms with Gasteiger partial charge in [0.1, 0.15) is 5.58 Å². The predicted octanol–water partition coefficient (Wildman–Crippen LogP) is 4.52. The molecule has 0 aliphatic carbocycles. The van der Waals surface area contributed by atoms with Crippen molar-refractivity contribution in [2.45, 2.75) is 46.2 Å². The Morgan fingerprint density at radius 1 is 1.04 bits per heavy atom. The van der Waals surface area contributed by atoms with Crippen LogP contribution in [0, 0.1) is 13.8 Å². The molecule has 0 saturated carbocycles. The van der Waals surface area contributed by atoms with E-state index in [9.17, 15) is 4.79 Å². The van der Waals surface area contributed by atoms with Crippen molar-refractivity contribution in [2.75, 3.05) is 0 Å². The average Bonchev–Trinajstić information content (AvgIpc) is 2.60. The Morgan fingerprint density at radius 2 is 1.76 bits per heavy atom. The standard InChI is InChI=1S/C22H25NO2/c1-15-11-20-19(13-22(24)25-21(20)12-16(15)2)14-23-17(3)9-10-18-7-5-4-6-8-18/h4-8,11-13,17,23H,9-10,14H2,1-3H3/t17-/m0/s1. The molecule has 3 heteroatoms. The third-order valence-corrected chi connectivity index (χ3v) is 4.79. The van der Waals surface area contributed by atoms with Gasteiger partial charge < -0.3 is 9.73 Å². The second-order valence-corrected chi connectivity index (χ2v) is 6.83. The Bertz CT molecular complexity index is 912. The normalized spacial score (nSPS) is 12.4. The van der Waals surface area contributed by atoms with Crippen molar-refractivity contribution in [1.82, 2.24) is 5.32 Å². The summed E-state index contributed by atoms with van der Waals surface area (Å²) in [4.78, 5) is 11.9. The van der Waals surface area contributed by atoms with Gasteiger partial charge in [0.15, 0.2) is 0 Å². The van der Waals surface area contributed by atoms with E-state index in [-0.39, 0.29) is 5.63 Å². The third kappa shape index (κ3) is 4.37. The van der Waals surface area contributed by atoms with Crippen LogP contribution in [-0.2, 0) is 13.0 Å². The quantitative estimate of drug-likeness (QED) is 0.673. The number of nitrogens with one attached hydrogen (secondary N) is 1. The summed E-state index contributed by atoms with van der Waals surface area (Å²) in [5.41, 5.74) is 5.08. The van der Waals surface area contributed by atoms with Crippen molar-refractivity contribution in [1.29, 1.82) is 0 Å². The van der Waals surface area contributed by atoms with Gasteiger partial charge in [-0.1, -0.05) is 30.3 Å². The highest BCUT2D eigenvalue weighted by Gasteiger charge is 2.09.